The molecule has 6 nitrogen and oxygen atoms in total. The lowest BCUT2D eigenvalue weighted by molar-refractivity contribution is -0.133. The summed E-state index contributed by atoms with van der Waals surface area (Å²) >= 11 is 0. The van der Waals surface area contributed by atoms with Gasteiger partial charge in [0.15, 0.2) is 0 Å². The lowest BCUT2D eigenvalue weighted by Gasteiger charge is -2.33. The maximum absolute atomic E-state index is 12.9. The Labute approximate surface area is 147 Å². The van der Waals surface area contributed by atoms with E-state index in [2.05, 4.69) is 26.0 Å². The molecule has 130 valence electrons. The van der Waals surface area contributed by atoms with Crippen molar-refractivity contribution < 1.29 is 4.79 Å². The Morgan fingerprint density at radius 3 is 3.00 bits per heavy atom. The summed E-state index contributed by atoms with van der Waals surface area (Å²) in [6, 6.07) is 8.36. The molecule has 4 rings (SSSR count). The Morgan fingerprint density at radius 1 is 1.32 bits per heavy atom. The third-order valence-corrected chi connectivity index (χ3v) is 5.04. The summed E-state index contributed by atoms with van der Waals surface area (Å²) in [4.78, 5) is 23.7. The van der Waals surface area contributed by atoms with Gasteiger partial charge in [-0.2, -0.15) is 0 Å². The Hall–Kier alpha value is -2.63. The second-order valence-electron chi connectivity index (χ2n) is 6.60. The molecule has 0 spiro atoms. The summed E-state index contributed by atoms with van der Waals surface area (Å²) in [5.41, 5.74) is 2.00. The number of benzene rings is 1. The molecule has 0 saturated carbocycles. The lowest BCUT2D eigenvalue weighted by atomic mass is 10.1. The van der Waals surface area contributed by atoms with Gasteiger partial charge in [-0.3, -0.25) is 4.79 Å². The molecule has 1 saturated heterocycles. The highest BCUT2D eigenvalue weighted by Crippen LogP contribution is 2.22. The number of nitrogens with zero attached hydrogens (tertiary/aromatic N) is 5. The minimum Gasteiger partial charge on any atom is -0.339 e. The van der Waals surface area contributed by atoms with E-state index in [1.807, 2.05) is 41.7 Å². The SMILES string of the molecule is CCc1nc2ccccc2n1CC(=O)N1CCC[C@H](n2ccnc2)C1. The molecule has 0 N–H and O–H groups in total. The molecule has 1 fully saturated rings. The van der Waals surface area contributed by atoms with Crippen LogP contribution in [0.5, 0.6) is 0 Å². The Kier molecular flexibility index (Phi) is 4.26. The molecule has 3 heterocycles. The van der Waals surface area contributed by atoms with Crippen LogP contribution in [0, 0.1) is 0 Å². The molecule has 0 aliphatic carbocycles. The van der Waals surface area contributed by atoms with E-state index >= 15 is 0 Å². The highest BCUT2D eigenvalue weighted by molar-refractivity contribution is 5.81. The first-order valence-electron chi connectivity index (χ1n) is 8.95. The van der Waals surface area contributed by atoms with Gasteiger partial charge in [0.2, 0.25) is 5.91 Å². The van der Waals surface area contributed by atoms with Crippen LogP contribution in [-0.2, 0) is 17.8 Å². The van der Waals surface area contributed by atoms with Gasteiger partial charge in [-0.1, -0.05) is 19.1 Å². The zero-order chi connectivity index (χ0) is 17.2. The van der Waals surface area contributed by atoms with Crippen molar-refractivity contribution in [3.05, 3.63) is 48.8 Å². The van der Waals surface area contributed by atoms with Crippen molar-refractivity contribution in [1.82, 2.24) is 24.0 Å². The van der Waals surface area contributed by atoms with E-state index in [1.54, 1.807) is 6.20 Å². The van der Waals surface area contributed by atoms with Gasteiger partial charge in [-0.05, 0) is 25.0 Å². The Morgan fingerprint density at radius 2 is 2.20 bits per heavy atom. The topological polar surface area (TPSA) is 56.0 Å². The molecule has 0 radical (unpaired) electrons. The van der Waals surface area contributed by atoms with Crippen molar-refractivity contribution in [3.8, 4) is 0 Å². The maximum Gasteiger partial charge on any atom is 0.242 e. The number of piperidine rings is 1. The van der Waals surface area contributed by atoms with Crippen LogP contribution in [-0.4, -0.2) is 43.0 Å². The molecule has 1 amide bonds. The highest BCUT2D eigenvalue weighted by Gasteiger charge is 2.25. The van der Waals surface area contributed by atoms with Gasteiger partial charge < -0.3 is 14.0 Å². The molecule has 3 aromatic rings. The number of rotatable bonds is 4. The lowest BCUT2D eigenvalue weighted by Crippen LogP contribution is -2.42. The van der Waals surface area contributed by atoms with E-state index in [-0.39, 0.29) is 5.91 Å². The van der Waals surface area contributed by atoms with Crippen LogP contribution >= 0.6 is 0 Å². The number of aryl methyl sites for hydroxylation is 1. The largest absolute Gasteiger partial charge is 0.339 e. The van der Waals surface area contributed by atoms with Crippen LogP contribution in [0.4, 0.5) is 0 Å². The summed E-state index contributed by atoms with van der Waals surface area (Å²) in [6.07, 6.45) is 8.56. The summed E-state index contributed by atoms with van der Waals surface area (Å²) < 4.78 is 4.18. The smallest absolute Gasteiger partial charge is 0.242 e. The Balaban J connectivity index is 1.54. The summed E-state index contributed by atoms with van der Waals surface area (Å²) in [6.45, 7) is 4.03. The number of hydrogen-bond acceptors (Lipinski definition) is 3. The maximum atomic E-state index is 12.9. The van der Waals surface area contributed by atoms with Crippen LogP contribution in [0.2, 0.25) is 0 Å². The normalized spacial score (nSPS) is 18.0. The van der Waals surface area contributed by atoms with Crippen molar-refractivity contribution in [2.45, 2.75) is 38.8 Å². The van der Waals surface area contributed by atoms with Gasteiger partial charge in [-0.25, -0.2) is 9.97 Å². The number of amides is 1. The molecular formula is C19H23N5O. The van der Waals surface area contributed by atoms with Gasteiger partial charge >= 0.3 is 0 Å². The number of carbonyl (C=O) groups excluding carboxylic acids is 1. The molecular weight excluding hydrogens is 314 g/mol. The molecule has 1 aromatic carbocycles. The van der Waals surface area contributed by atoms with Crippen molar-refractivity contribution in [3.63, 3.8) is 0 Å². The molecule has 25 heavy (non-hydrogen) atoms. The predicted molar refractivity (Wildman–Crippen MR) is 96.2 cm³/mol. The van der Waals surface area contributed by atoms with Crippen LogP contribution < -0.4 is 0 Å². The van der Waals surface area contributed by atoms with E-state index in [0.717, 1.165) is 49.2 Å². The average molecular weight is 337 g/mol. The van der Waals surface area contributed by atoms with Gasteiger partial charge in [-0.15, -0.1) is 0 Å². The van der Waals surface area contributed by atoms with E-state index in [4.69, 9.17) is 0 Å². The number of aromatic nitrogens is 4. The molecule has 0 bridgehead atoms. The number of imidazole rings is 2. The second kappa shape index (κ2) is 6.70. The zero-order valence-electron chi connectivity index (χ0n) is 14.5. The van der Waals surface area contributed by atoms with Crippen LogP contribution in [0.3, 0.4) is 0 Å². The van der Waals surface area contributed by atoms with Gasteiger partial charge in [0, 0.05) is 31.9 Å². The monoisotopic (exact) mass is 337 g/mol. The van der Waals surface area contributed by atoms with Crippen LogP contribution in [0.1, 0.15) is 31.6 Å². The third kappa shape index (κ3) is 3.04. The third-order valence-electron chi connectivity index (χ3n) is 5.04. The van der Waals surface area contributed by atoms with Crippen molar-refractivity contribution >= 4 is 16.9 Å². The average Bonchev–Trinajstić information content (AvgIpc) is 3.30. The van der Waals surface area contributed by atoms with Crippen molar-refractivity contribution in [2.24, 2.45) is 0 Å². The van der Waals surface area contributed by atoms with E-state index in [9.17, 15) is 4.79 Å². The van der Waals surface area contributed by atoms with Crippen LogP contribution in [0.25, 0.3) is 11.0 Å². The molecule has 1 aliphatic rings. The minimum absolute atomic E-state index is 0.169. The van der Waals surface area contributed by atoms with Crippen LogP contribution in [0.15, 0.2) is 43.0 Å². The minimum atomic E-state index is 0.169. The first-order valence-corrected chi connectivity index (χ1v) is 8.95. The quantitative estimate of drug-likeness (QED) is 0.735. The molecule has 6 heteroatoms. The van der Waals surface area contributed by atoms with Crippen molar-refractivity contribution in [2.75, 3.05) is 13.1 Å². The van der Waals surface area contributed by atoms with E-state index < -0.39 is 0 Å². The number of hydrogen-bond donors (Lipinski definition) is 0. The summed E-state index contributed by atoms with van der Waals surface area (Å²) in [5, 5.41) is 0. The van der Waals surface area contributed by atoms with Gasteiger partial charge in [0.1, 0.15) is 12.4 Å². The number of fused-ring (bicyclic) bond motifs is 1. The standard InChI is InChI=1S/C19H23N5O/c1-2-18-21-16-7-3-4-8-17(16)24(18)13-19(25)22-10-5-6-15(12-22)23-11-9-20-14-23/h3-4,7-9,11,14-15H,2,5-6,10,12-13H2,1H3/t15-/m0/s1. The summed E-state index contributed by atoms with van der Waals surface area (Å²) in [7, 11) is 0. The molecule has 2 aromatic heterocycles. The fourth-order valence-corrected chi connectivity index (χ4v) is 3.72. The van der Waals surface area contributed by atoms with Crippen molar-refractivity contribution in [1.29, 1.82) is 0 Å². The zero-order valence-corrected chi connectivity index (χ0v) is 14.5. The predicted octanol–water partition coefficient (Wildman–Crippen LogP) is 2.66. The van der Waals surface area contributed by atoms with Gasteiger partial charge in [0.05, 0.1) is 23.4 Å². The highest BCUT2D eigenvalue weighted by atomic mass is 16.2. The fourth-order valence-electron chi connectivity index (χ4n) is 3.72. The number of carbonyl (C=O) groups is 1. The molecule has 0 unspecified atom stereocenters. The van der Waals surface area contributed by atoms with E-state index in [1.165, 1.54) is 0 Å². The second-order valence-corrected chi connectivity index (χ2v) is 6.60. The Bertz CT molecular complexity index is 867. The number of likely N-dealkylation sites (tertiary alicyclic amines) is 1. The first kappa shape index (κ1) is 15.9. The molecule has 1 atom stereocenters. The molecule has 1 aliphatic heterocycles. The summed E-state index contributed by atoms with van der Waals surface area (Å²) in [5.74, 6) is 1.14. The number of para-hydroxylation sites is 2. The van der Waals surface area contributed by atoms with Gasteiger partial charge in [0.25, 0.3) is 0 Å². The first-order chi connectivity index (χ1) is 12.3. The fraction of sp³-hybridized carbons (Fsp3) is 0.421. The van der Waals surface area contributed by atoms with E-state index in [0.29, 0.717) is 12.6 Å².